The number of nitrogens with one attached hydrogen (secondary N) is 1. The molecule has 3 heteroatoms. The lowest BCUT2D eigenvalue weighted by atomic mass is 10.0. The minimum absolute atomic E-state index is 0.387. The first kappa shape index (κ1) is 14.1. The summed E-state index contributed by atoms with van der Waals surface area (Å²) < 4.78 is 0. The molecule has 0 spiro atoms. The fourth-order valence-corrected chi connectivity index (χ4v) is 2.32. The first-order chi connectivity index (χ1) is 9.45. The molecule has 3 nitrogen and oxygen atoms in total. The van der Waals surface area contributed by atoms with E-state index in [-0.39, 0.29) is 5.91 Å². The summed E-state index contributed by atoms with van der Waals surface area (Å²) in [7, 11) is 0. The van der Waals surface area contributed by atoms with Crippen LogP contribution in [0.2, 0.25) is 0 Å². The molecule has 0 unspecified atom stereocenters. The molecule has 3 N–H and O–H groups in total. The first-order valence-corrected chi connectivity index (χ1v) is 6.67. The van der Waals surface area contributed by atoms with E-state index in [1.54, 1.807) is 6.07 Å². The quantitative estimate of drug-likeness (QED) is 0.893. The number of aryl methyl sites for hydroxylation is 3. The van der Waals surface area contributed by atoms with Crippen LogP contribution in [0.3, 0.4) is 0 Å². The van der Waals surface area contributed by atoms with Crippen molar-refractivity contribution < 1.29 is 4.79 Å². The third-order valence-corrected chi connectivity index (χ3v) is 3.33. The first-order valence-electron chi connectivity index (χ1n) is 6.67. The molecule has 0 fully saturated rings. The van der Waals surface area contributed by atoms with Gasteiger partial charge >= 0.3 is 0 Å². The molecule has 0 aliphatic carbocycles. The molecular formula is C17H20N2O. The van der Waals surface area contributed by atoms with Gasteiger partial charge in [-0.3, -0.25) is 4.79 Å². The Morgan fingerprint density at radius 3 is 2.25 bits per heavy atom. The van der Waals surface area contributed by atoms with E-state index in [0.29, 0.717) is 5.56 Å². The van der Waals surface area contributed by atoms with Crippen LogP contribution in [0.25, 0.3) is 0 Å². The predicted octanol–water partition coefficient (Wildman–Crippen LogP) is 3.32. The zero-order valence-electron chi connectivity index (χ0n) is 12.2. The molecule has 0 saturated carbocycles. The molecule has 0 atom stereocenters. The SMILES string of the molecule is Cc1cc(C)cc(NCc2ccc(C(N)=O)cc2C)c1. The lowest BCUT2D eigenvalue weighted by Gasteiger charge is -2.11. The number of anilines is 1. The fourth-order valence-electron chi connectivity index (χ4n) is 2.32. The molecule has 0 bridgehead atoms. The largest absolute Gasteiger partial charge is 0.381 e. The molecule has 0 heterocycles. The molecular weight excluding hydrogens is 248 g/mol. The van der Waals surface area contributed by atoms with Gasteiger partial charge < -0.3 is 11.1 Å². The molecule has 2 aromatic rings. The van der Waals surface area contributed by atoms with Crippen molar-refractivity contribution in [3.05, 3.63) is 64.2 Å². The molecule has 0 saturated heterocycles. The lowest BCUT2D eigenvalue weighted by Crippen LogP contribution is -2.11. The van der Waals surface area contributed by atoms with E-state index in [1.165, 1.54) is 11.1 Å². The Bertz CT molecular complexity index is 627. The molecule has 1 amide bonds. The number of primary amides is 1. The van der Waals surface area contributed by atoms with Crippen LogP contribution in [-0.2, 0) is 6.54 Å². The van der Waals surface area contributed by atoms with Gasteiger partial charge in [0.1, 0.15) is 0 Å². The second-order valence-electron chi connectivity index (χ2n) is 5.24. The zero-order chi connectivity index (χ0) is 14.7. The third-order valence-electron chi connectivity index (χ3n) is 3.33. The summed E-state index contributed by atoms with van der Waals surface area (Å²) in [6, 6.07) is 12.0. The summed E-state index contributed by atoms with van der Waals surface area (Å²) in [4.78, 5) is 11.1. The summed E-state index contributed by atoms with van der Waals surface area (Å²) in [5.74, 6) is -0.387. The van der Waals surface area contributed by atoms with Gasteiger partial charge in [0.05, 0.1) is 0 Å². The van der Waals surface area contributed by atoms with Crippen molar-refractivity contribution in [1.82, 2.24) is 0 Å². The zero-order valence-corrected chi connectivity index (χ0v) is 12.2. The van der Waals surface area contributed by atoms with Crippen LogP contribution < -0.4 is 11.1 Å². The summed E-state index contributed by atoms with van der Waals surface area (Å²) in [6.45, 7) is 6.90. The topological polar surface area (TPSA) is 55.1 Å². The van der Waals surface area contributed by atoms with Crippen LogP contribution in [0.15, 0.2) is 36.4 Å². The summed E-state index contributed by atoms with van der Waals surface area (Å²) in [5.41, 5.74) is 11.7. The van der Waals surface area contributed by atoms with E-state index in [2.05, 4.69) is 37.4 Å². The van der Waals surface area contributed by atoms with Gasteiger partial charge in [-0.25, -0.2) is 0 Å². The molecule has 2 aromatic carbocycles. The Morgan fingerprint density at radius 2 is 1.70 bits per heavy atom. The van der Waals surface area contributed by atoms with Crippen LogP contribution >= 0.6 is 0 Å². The number of rotatable bonds is 4. The molecule has 0 aliphatic rings. The highest BCUT2D eigenvalue weighted by Crippen LogP contribution is 2.17. The lowest BCUT2D eigenvalue weighted by molar-refractivity contribution is 0.1000. The van der Waals surface area contributed by atoms with E-state index in [0.717, 1.165) is 23.4 Å². The van der Waals surface area contributed by atoms with Gasteiger partial charge in [0.2, 0.25) is 5.91 Å². The van der Waals surface area contributed by atoms with Gasteiger partial charge in [-0.05, 0) is 67.3 Å². The molecule has 2 rings (SSSR count). The number of amides is 1. The maximum Gasteiger partial charge on any atom is 0.248 e. The second kappa shape index (κ2) is 5.78. The van der Waals surface area contributed by atoms with Gasteiger partial charge in [0.25, 0.3) is 0 Å². The van der Waals surface area contributed by atoms with E-state index in [4.69, 9.17) is 5.73 Å². The number of hydrogen-bond acceptors (Lipinski definition) is 2. The Morgan fingerprint density at radius 1 is 1.05 bits per heavy atom. The monoisotopic (exact) mass is 268 g/mol. The highest BCUT2D eigenvalue weighted by Gasteiger charge is 2.04. The van der Waals surface area contributed by atoms with Crippen molar-refractivity contribution >= 4 is 11.6 Å². The summed E-state index contributed by atoms with van der Waals surface area (Å²) >= 11 is 0. The third kappa shape index (κ3) is 3.38. The van der Waals surface area contributed by atoms with Gasteiger partial charge in [0.15, 0.2) is 0 Å². The van der Waals surface area contributed by atoms with Crippen molar-refractivity contribution in [1.29, 1.82) is 0 Å². The standard InChI is InChI=1S/C17H20N2O/c1-11-6-12(2)8-16(7-11)19-10-15-5-4-14(17(18)20)9-13(15)3/h4-9,19H,10H2,1-3H3,(H2,18,20). The second-order valence-corrected chi connectivity index (χ2v) is 5.24. The minimum Gasteiger partial charge on any atom is -0.381 e. The van der Waals surface area contributed by atoms with E-state index in [9.17, 15) is 4.79 Å². The number of carbonyl (C=O) groups is 1. The normalized spacial score (nSPS) is 10.3. The molecule has 0 aliphatic heterocycles. The van der Waals surface area contributed by atoms with Gasteiger partial charge in [-0.1, -0.05) is 12.1 Å². The fraction of sp³-hybridized carbons (Fsp3) is 0.235. The van der Waals surface area contributed by atoms with Crippen LogP contribution in [0.4, 0.5) is 5.69 Å². The number of nitrogens with two attached hydrogens (primary N) is 1. The van der Waals surface area contributed by atoms with E-state index < -0.39 is 0 Å². The van der Waals surface area contributed by atoms with Crippen LogP contribution in [0.5, 0.6) is 0 Å². The summed E-state index contributed by atoms with van der Waals surface area (Å²) in [6.07, 6.45) is 0. The Hall–Kier alpha value is -2.29. The Labute approximate surface area is 119 Å². The Balaban J connectivity index is 2.12. The van der Waals surface area contributed by atoms with Crippen LogP contribution in [-0.4, -0.2) is 5.91 Å². The molecule has 104 valence electrons. The van der Waals surface area contributed by atoms with Crippen LogP contribution in [0, 0.1) is 20.8 Å². The highest BCUT2D eigenvalue weighted by atomic mass is 16.1. The van der Waals surface area contributed by atoms with Crippen molar-refractivity contribution in [2.24, 2.45) is 5.73 Å². The molecule has 0 radical (unpaired) electrons. The van der Waals surface area contributed by atoms with Crippen LogP contribution in [0.1, 0.15) is 32.6 Å². The molecule has 0 aromatic heterocycles. The van der Waals surface area contributed by atoms with Crippen molar-refractivity contribution in [3.8, 4) is 0 Å². The number of hydrogen-bond donors (Lipinski definition) is 2. The smallest absolute Gasteiger partial charge is 0.248 e. The number of benzene rings is 2. The highest BCUT2D eigenvalue weighted by molar-refractivity contribution is 5.93. The molecule has 20 heavy (non-hydrogen) atoms. The van der Waals surface area contributed by atoms with Crippen molar-refractivity contribution in [2.75, 3.05) is 5.32 Å². The number of carbonyl (C=O) groups excluding carboxylic acids is 1. The van der Waals surface area contributed by atoms with E-state index >= 15 is 0 Å². The van der Waals surface area contributed by atoms with E-state index in [1.807, 2.05) is 19.1 Å². The van der Waals surface area contributed by atoms with Gasteiger partial charge in [-0.15, -0.1) is 0 Å². The maximum atomic E-state index is 11.1. The van der Waals surface area contributed by atoms with Gasteiger partial charge in [0, 0.05) is 17.8 Å². The van der Waals surface area contributed by atoms with Crippen molar-refractivity contribution in [2.45, 2.75) is 27.3 Å². The average Bonchev–Trinajstić information content (AvgIpc) is 2.36. The van der Waals surface area contributed by atoms with Crippen molar-refractivity contribution in [3.63, 3.8) is 0 Å². The maximum absolute atomic E-state index is 11.1. The Kier molecular flexibility index (Phi) is 4.08. The minimum atomic E-state index is -0.387. The average molecular weight is 268 g/mol. The predicted molar refractivity (Wildman–Crippen MR) is 82.9 cm³/mol. The summed E-state index contributed by atoms with van der Waals surface area (Å²) in [5, 5.41) is 3.42. The van der Waals surface area contributed by atoms with Gasteiger partial charge in [-0.2, -0.15) is 0 Å².